The topological polar surface area (TPSA) is 70.2 Å². The van der Waals surface area contributed by atoms with E-state index in [1.165, 1.54) is 6.92 Å². The molecule has 5 heteroatoms. The van der Waals surface area contributed by atoms with Gasteiger partial charge >= 0.3 is 6.03 Å². The van der Waals surface area contributed by atoms with E-state index in [4.69, 9.17) is 0 Å². The molecule has 0 saturated heterocycles. The predicted molar refractivity (Wildman–Crippen MR) is 47.7 cm³/mol. The van der Waals surface area contributed by atoms with Crippen LogP contribution in [-0.4, -0.2) is 18.0 Å². The highest BCUT2D eigenvalue weighted by atomic mass is 16.2. The molecule has 0 aromatic heterocycles. The molecule has 1 unspecified atom stereocenters. The zero-order chi connectivity index (χ0) is 10.1. The highest BCUT2D eigenvalue weighted by Crippen LogP contribution is 2.44. The normalized spacial score (nSPS) is 23.2. The molecule has 0 heterocycles. The van der Waals surface area contributed by atoms with Gasteiger partial charge in [-0.1, -0.05) is 13.8 Å². The lowest BCUT2D eigenvalue weighted by atomic mass is 10.2. The summed E-state index contributed by atoms with van der Waals surface area (Å²) in [5.41, 5.74) is 4.65. The van der Waals surface area contributed by atoms with Crippen LogP contribution in [0.3, 0.4) is 0 Å². The Morgan fingerprint density at radius 2 is 1.85 bits per heavy atom. The molecule has 0 aromatic carbocycles. The van der Waals surface area contributed by atoms with Crippen molar-refractivity contribution in [3.05, 3.63) is 0 Å². The molecule has 3 N–H and O–H groups in total. The Balaban J connectivity index is 2.16. The summed E-state index contributed by atoms with van der Waals surface area (Å²) < 4.78 is 0. The maximum Gasteiger partial charge on any atom is 0.333 e. The van der Waals surface area contributed by atoms with Crippen molar-refractivity contribution in [2.24, 2.45) is 5.41 Å². The maximum atomic E-state index is 11.0. The summed E-state index contributed by atoms with van der Waals surface area (Å²) in [5.74, 6) is -0.287. The Bertz CT molecular complexity index is 238. The van der Waals surface area contributed by atoms with Gasteiger partial charge in [0.25, 0.3) is 0 Å². The first-order chi connectivity index (χ1) is 5.92. The van der Waals surface area contributed by atoms with Crippen LogP contribution < -0.4 is 16.2 Å². The van der Waals surface area contributed by atoms with Crippen LogP contribution in [0.15, 0.2) is 0 Å². The van der Waals surface area contributed by atoms with Crippen molar-refractivity contribution >= 4 is 11.9 Å². The molecular formula is C8H15N3O2. The van der Waals surface area contributed by atoms with Crippen molar-refractivity contribution in [3.8, 4) is 0 Å². The first kappa shape index (κ1) is 9.83. The minimum Gasteiger partial charge on any atom is -0.333 e. The van der Waals surface area contributed by atoms with Crippen LogP contribution in [0.4, 0.5) is 4.79 Å². The number of hydrogen-bond donors (Lipinski definition) is 3. The van der Waals surface area contributed by atoms with E-state index < -0.39 is 0 Å². The van der Waals surface area contributed by atoms with Crippen LogP contribution in [0.5, 0.6) is 0 Å². The summed E-state index contributed by atoms with van der Waals surface area (Å²) in [6.45, 7) is 5.49. The Kier molecular flexibility index (Phi) is 2.45. The fourth-order valence-electron chi connectivity index (χ4n) is 1.05. The molecule has 1 rings (SSSR count). The second kappa shape index (κ2) is 3.24. The minimum atomic E-state index is -0.356. The fourth-order valence-corrected chi connectivity index (χ4v) is 1.05. The largest absolute Gasteiger partial charge is 0.333 e. The molecule has 3 amide bonds. The number of carbonyl (C=O) groups excluding carboxylic acids is 2. The Morgan fingerprint density at radius 1 is 1.31 bits per heavy atom. The highest BCUT2D eigenvalue weighted by Gasteiger charge is 2.46. The van der Waals surface area contributed by atoms with Crippen molar-refractivity contribution < 1.29 is 9.59 Å². The molecule has 0 aliphatic heterocycles. The number of carbonyl (C=O) groups is 2. The molecule has 1 aliphatic rings. The summed E-state index contributed by atoms with van der Waals surface area (Å²) in [5, 5.41) is 2.73. The molecule has 74 valence electrons. The van der Waals surface area contributed by atoms with E-state index >= 15 is 0 Å². The molecule has 5 nitrogen and oxygen atoms in total. The van der Waals surface area contributed by atoms with Crippen LogP contribution in [0.25, 0.3) is 0 Å². The van der Waals surface area contributed by atoms with Gasteiger partial charge in [0.05, 0.1) is 0 Å². The molecule has 1 fully saturated rings. The molecule has 0 radical (unpaired) electrons. The van der Waals surface area contributed by atoms with Gasteiger partial charge in [0.2, 0.25) is 5.91 Å². The minimum absolute atomic E-state index is 0.202. The summed E-state index contributed by atoms with van der Waals surface area (Å²) in [4.78, 5) is 21.5. The van der Waals surface area contributed by atoms with Crippen molar-refractivity contribution in [2.75, 3.05) is 0 Å². The number of amides is 3. The van der Waals surface area contributed by atoms with E-state index in [1.54, 1.807) is 0 Å². The third-order valence-electron chi connectivity index (χ3n) is 2.17. The van der Waals surface area contributed by atoms with E-state index in [0.717, 1.165) is 6.42 Å². The van der Waals surface area contributed by atoms with Crippen LogP contribution in [0, 0.1) is 5.41 Å². The van der Waals surface area contributed by atoms with Crippen molar-refractivity contribution in [1.82, 2.24) is 16.2 Å². The molecule has 13 heavy (non-hydrogen) atoms. The second-order valence-electron chi connectivity index (χ2n) is 4.02. The van der Waals surface area contributed by atoms with Crippen molar-refractivity contribution in [3.63, 3.8) is 0 Å². The third-order valence-corrected chi connectivity index (χ3v) is 2.17. The first-order valence-corrected chi connectivity index (χ1v) is 4.25. The molecule has 1 saturated carbocycles. The van der Waals surface area contributed by atoms with Gasteiger partial charge in [-0.2, -0.15) is 0 Å². The standard InChI is InChI=1S/C8H15N3O2/c1-5(12)10-11-7(13)9-6-4-8(6,2)3/h6H,4H2,1-3H3,(H,10,12)(H2,9,11,13). The van der Waals surface area contributed by atoms with E-state index in [2.05, 4.69) is 30.0 Å². The zero-order valence-corrected chi connectivity index (χ0v) is 8.10. The summed E-state index contributed by atoms with van der Waals surface area (Å²) >= 11 is 0. The fraction of sp³-hybridized carbons (Fsp3) is 0.750. The Labute approximate surface area is 77.2 Å². The first-order valence-electron chi connectivity index (χ1n) is 4.25. The second-order valence-corrected chi connectivity index (χ2v) is 4.02. The Hall–Kier alpha value is -1.26. The van der Waals surface area contributed by atoms with E-state index in [0.29, 0.717) is 0 Å². The third kappa shape index (κ3) is 2.93. The summed E-state index contributed by atoms with van der Waals surface area (Å²) in [6, 6.07) is -0.132. The van der Waals surface area contributed by atoms with Gasteiger partial charge in [-0.05, 0) is 11.8 Å². The average Bonchev–Trinajstić information content (AvgIpc) is 2.54. The summed E-state index contributed by atoms with van der Waals surface area (Å²) in [7, 11) is 0. The van der Waals surface area contributed by atoms with E-state index in [9.17, 15) is 9.59 Å². The number of rotatable bonds is 1. The molecular weight excluding hydrogens is 170 g/mol. The molecule has 0 spiro atoms. The predicted octanol–water partition coefficient (Wildman–Crippen LogP) is 0.135. The van der Waals surface area contributed by atoms with Gasteiger partial charge in [-0.25, -0.2) is 10.2 Å². The molecule has 1 atom stereocenters. The number of nitrogens with one attached hydrogen (secondary N) is 3. The summed E-state index contributed by atoms with van der Waals surface area (Å²) in [6.07, 6.45) is 0.987. The lowest BCUT2D eigenvalue weighted by Gasteiger charge is -2.08. The van der Waals surface area contributed by atoms with Gasteiger partial charge in [0, 0.05) is 13.0 Å². The lowest BCUT2D eigenvalue weighted by molar-refractivity contribution is -0.119. The number of urea groups is 1. The number of hydrazine groups is 1. The van der Waals surface area contributed by atoms with Gasteiger partial charge in [-0.3, -0.25) is 10.2 Å². The average molecular weight is 185 g/mol. The maximum absolute atomic E-state index is 11.0. The molecule has 0 bridgehead atoms. The lowest BCUT2D eigenvalue weighted by Crippen LogP contribution is -2.47. The molecule has 0 aromatic rings. The van der Waals surface area contributed by atoms with Crippen molar-refractivity contribution in [2.45, 2.75) is 33.2 Å². The van der Waals surface area contributed by atoms with E-state index in [1.807, 2.05) is 0 Å². The van der Waals surface area contributed by atoms with Gasteiger partial charge in [0.15, 0.2) is 0 Å². The van der Waals surface area contributed by atoms with Crippen LogP contribution in [-0.2, 0) is 4.79 Å². The van der Waals surface area contributed by atoms with Gasteiger partial charge in [-0.15, -0.1) is 0 Å². The monoisotopic (exact) mass is 185 g/mol. The van der Waals surface area contributed by atoms with Crippen molar-refractivity contribution in [1.29, 1.82) is 0 Å². The van der Waals surface area contributed by atoms with Crippen LogP contribution in [0.2, 0.25) is 0 Å². The number of hydrogen-bond acceptors (Lipinski definition) is 2. The quantitative estimate of drug-likeness (QED) is 0.508. The van der Waals surface area contributed by atoms with Crippen LogP contribution in [0.1, 0.15) is 27.2 Å². The SMILES string of the molecule is CC(=O)NNC(=O)NC1CC1(C)C. The van der Waals surface area contributed by atoms with E-state index in [-0.39, 0.29) is 23.4 Å². The Morgan fingerprint density at radius 3 is 2.23 bits per heavy atom. The molecule has 1 aliphatic carbocycles. The van der Waals surface area contributed by atoms with Gasteiger partial charge in [0.1, 0.15) is 0 Å². The smallest absolute Gasteiger partial charge is 0.333 e. The van der Waals surface area contributed by atoms with Crippen LogP contribution >= 0.6 is 0 Å². The highest BCUT2D eigenvalue weighted by molar-refractivity contribution is 5.79. The van der Waals surface area contributed by atoms with Gasteiger partial charge < -0.3 is 5.32 Å². The zero-order valence-electron chi connectivity index (χ0n) is 8.10.